The molecule has 1 atom stereocenters. The predicted octanol–water partition coefficient (Wildman–Crippen LogP) is 1.72. The molecule has 0 saturated carbocycles. The number of likely N-dealkylation sites (tertiary alicyclic amines) is 1. The van der Waals surface area contributed by atoms with Crippen LogP contribution in [0, 0.1) is 5.41 Å². The molecule has 0 spiro atoms. The Morgan fingerprint density at radius 1 is 1.38 bits per heavy atom. The average Bonchev–Trinajstić information content (AvgIpc) is 2.00. The van der Waals surface area contributed by atoms with Crippen molar-refractivity contribution in [2.75, 3.05) is 26.7 Å². The number of piperidine rings is 1. The van der Waals surface area contributed by atoms with Crippen molar-refractivity contribution in [1.82, 2.24) is 10.2 Å². The molecule has 0 radical (unpaired) electrons. The van der Waals surface area contributed by atoms with Gasteiger partial charge in [0.25, 0.3) is 0 Å². The first-order valence-corrected chi connectivity index (χ1v) is 5.39. The Morgan fingerprint density at radius 3 is 2.62 bits per heavy atom. The largest absolute Gasteiger partial charge is 0.312 e. The average molecular weight is 184 g/mol. The molecule has 1 aliphatic rings. The first-order chi connectivity index (χ1) is 5.97. The van der Waals surface area contributed by atoms with E-state index in [1.807, 2.05) is 0 Å². The van der Waals surface area contributed by atoms with Crippen LogP contribution in [-0.2, 0) is 0 Å². The van der Waals surface area contributed by atoms with E-state index in [9.17, 15) is 0 Å². The molecule has 1 heterocycles. The van der Waals surface area contributed by atoms with Crippen molar-refractivity contribution in [2.45, 2.75) is 39.7 Å². The number of likely N-dealkylation sites (N-methyl/N-ethyl adjacent to an activating group) is 1. The van der Waals surface area contributed by atoms with Crippen LogP contribution < -0.4 is 5.32 Å². The minimum atomic E-state index is 0.413. The third-order valence-electron chi connectivity index (χ3n) is 2.55. The summed E-state index contributed by atoms with van der Waals surface area (Å²) < 4.78 is 0. The summed E-state index contributed by atoms with van der Waals surface area (Å²) in [5, 5.41) is 3.65. The summed E-state index contributed by atoms with van der Waals surface area (Å²) in [6.07, 6.45) is 2.69. The van der Waals surface area contributed by atoms with Gasteiger partial charge in [-0.3, -0.25) is 0 Å². The first kappa shape index (κ1) is 11.0. The molecule has 0 aromatic carbocycles. The second-order valence-electron chi connectivity index (χ2n) is 5.54. The number of rotatable bonds is 2. The number of hydrogen-bond acceptors (Lipinski definition) is 2. The van der Waals surface area contributed by atoms with Gasteiger partial charge in [0.15, 0.2) is 0 Å². The molecule has 1 saturated heterocycles. The Hall–Kier alpha value is -0.0800. The van der Waals surface area contributed by atoms with E-state index < -0.39 is 0 Å². The lowest BCUT2D eigenvalue weighted by Crippen LogP contribution is -2.46. The summed E-state index contributed by atoms with van der Waals surface area (Å²) in [7, 11) is 2.21. The smallest absolute Gasteiger partial charge is 0.0195 e. The normalized spacial score (nSPS) is 26.3. The van der Waals surface area contributed by atoms with Gasteiger partial charge in [0.05, 0.1) is 0 Å². The number of nitrogens with one attached hydrogen (secondary N) is 1. The molecule has 0 aromatic heterocycles. The van der Waals surface area contributed by atoms with E-state index in [1.165, 1.54) is 25.9 Å². The monoisotopic (exact) mass is 184 g/mol. The van der Waals surface area contributed by atoms with Crippen molar-refractivity contribution in [2.24, 2.45) is 5.41 Å². The lowest BCUT2D eigenvalue weighted by atomic mass is 9.95. The molecular weight excluding hydrogens is 160 g/mol. The van der Waals surface area contributed by atoms with Crippen LogP contribution in [0.5, 0.6) is 0 Å². The van der Waals surface area contributed by atoms with E-state index >= 15 is 0 Å². The minimum Gasteiger partial charge on any atom is -0.312 e. The Kier molecular flexibility index (Phi) is 3.74. The topological polar surface area (TPSA) is 15.3 Å². The summed E-state index contributed by atoms with van der Waals surface area (Å²) in [4.78, 5) is 2.42. The molecule has 1 unspecified atom stereocenters. The number of hydrogen-bond donors (Lipinski definition) is 1. The molecule has 0 aromatic rings. The van der Waals surface area contributed by atoms with Crippen LogP contribution in [0.4, 0.5) is 0 Å². The van der Waals surface area contributed by atoms with Gasteiger partial charge in [0.2, 0.25) is 0 Å². The van der Waals surface area contributed by atoms with Crippen LogP contribution in [0.2, 0.25) is 0 Å². The summed E-state index contributed by atoms with van der Waals surface area (Å²) in [6, 6.07) is 0.720. The van der Waals surface area contributed by atoms with Crippen molar-refractivity contribution in [3.8, 4) is 0 Å². The van der Waals surface area contributed by atoms with E-state index in [4.69, 9.17) is 0 Å². The Morgan fingerprint density at radius 2 is 2.08 bits per heavy atom. The van der Waals surface area contributed by atoms with Gasteiger partial charge in [0, 0.05) is 19.1 Å². The molecule has 0 amide bonds. The standard InChI is InChI=1S/C11H24N2/c1-11(2,3)9-12-10-6-5-7-13(4)8-10/h10,12H,5-9H2,1-4H3. The van der Waals surface area contributed by atoms with Crippen molar-refractivity contribution in [1.29, 1.82) is 0 Å². The maximum atomic E-state index is 3.65. The van der Waals surface area contributed by atoms with Gasteiger partial charge < -0.3 is 10.2 Å². The van der Waals surface area contributed by atoms with Crippen molar-refractivity contribution in [3.05, 3.63) is 0 Å². The van der Waals surface area contributed by atoms with Gasteiger partial charge in [-0.25, -0.2) is 0 Å². The Labute approximate surface area is 82.7 Å². The molecule has 0 bridgehead atoms. The summed E-state index contributed by atoms with van der Waals surface area (Å²) in [5.41, 5.74) is 0.413. The lowest BCUT2D eigenvalue weighted by molar-refractivity contribution is 0.214. The van der Waals surface area contributed by atoms with Crippen LogP contribution in [0.3, 0.4) is 0 Å². The van der Waals surface area contributed by atoms with Crippen molar-refractivity contribution >= 4 is 0 Å². The minimum absolute atomic E-state index is 0.413. The molecular formula is C11H24N2. The summed E-state index contributed by atoms with van der Waals surface area (Å²) in [5.74, 6) is 0. The fourth-order valence-corrected chi connectivity index (χ4v) is 1.78. The Balaban J connectivity index is 2.21. The number of nitrogens with zero attached hydrogens (tertiary/aromatic N) is 1. The SMILES string of the molecule is CN1CCCC(NCC(C)(C)C)C1. The molecule has 2 nitrogen and oxygen atoms in total. The van der Waals surface area contributed by atoms with E-state index in [2.05, 4.69) is 38.0 Å². The van der Waals surface area contributed by atoms with Crippen molar-refractivity contribution < 1.29 is 0 Å². The van der Waals surface area contributed by atoms with Crippen LogP contribution in [0.25, 0.3) is 0 Å². The van der Waals surface area contributed by atoms with Gasteiger partial charge in [-0.15, -0.1) is 0 Å². The predicted molar refractivity (Wildman–Crippen MR) is 58.0 cm³/mol. The van der Waals surface area contributed by atoms with Gasteiger partial charge >= 0.3 is 0 Å². The fraction of sp³-hybridized carbons (Fsp3) is 1.00. The summed E-state index contributed by atoms with van der Waals surface area (Å²) in [6.45, 7) is 10.5. The quantitative estimate of drug-likeness (QED) is 0.703. The van der Waals surface area contributed by atoms with Gasteiger partial charge in [0.1, 0.15) is 0 Å². The zero-order valence-corrected chi connectivity index (χ0v) is 9.56. The third kappa shape index (κ3) is 4.63. The highest BCUT2D eigenvalue weighted by molar-refractivity contribution is 4.78. The van der Waals surface area contributed by atoms with Gasteiger partial charge in [-0.2, -0.15) is 0 Å². The highest BCUT2D eigenvalue weighted by Gasteiger charge is 2.18. The van der Waals surface area contributed by atoms with Crippen LogP contribution in [0.1, 0.15) is 33.6 Å². The highest BCUT2D eigenvalue weighted by Crippen LogP contribution is 2.13. The molecule has 78 valence electrons. The van der Waals surface area contributed by atoms with E-state index in [0.717, 1.165) is 12.6 Å². The molecule has 1 N–H and O–H groups in total. The molecule has 2 heteroatoms. The molecule has 1 fully saturated rings. The molecule has 1 rings (SSSR count). The summed E-state index contributed by atoms with van der Waals surface area (Å²) >= 11 is 0. The highest BCUT2D eigenvalue weighted by atomic mass is 15.1. The maximum absolute atomic E-state index is 3.65. The van der Waals surface area contributed by atoms with Crippen LogP contribution >= 0.6 is 0 Å². The van der Waals surface area contributed by atoms with E-state index in [1.54, 1.807) is 0 Å². The van der Waals surface area contributed by atoms with Crippen LogP contribution in [0.15, 0.2) is 0 Å². The Bertz CT molecular complexity index is 149. The lowest BCUT2D eigenvalue weighted by Gasteiger charge is -2.32. The van der Waals surface area contributed by atoms with Gasteiger partial charge in [-0.05, 0) is 31.8 Å². The van der Waals surface area contributed by atoms with E-state index in [0.29, 0.717) is 5.41 Å². The molecule has 1 aliphatic heterocycles. The van der Waals surface area contributed by atoms with E-state index in [-0.39, 0.29) is 0 Å². The fourth-order valence-electron chi connectivity index (χ4n) is 1.78. The van der Waals surface area contributed by atoms with Crippen LogP contribution in [-0.4, -0.2) is 37.6 Å². The second kappa shape index (κ2) is 4.43. The van der Waals surface area contributed by atoms with Crippen molar-refractivity contribution in [3.63, 3.8) is 0 Å². The maximum Gasteiger partial charge on any atom is 0.0195 e. The third-order valence-corrected chi connectivity index (χ3v) is 2.55. The molecule has 13 heavy (non-hydrogen) atoms. The zero-order chi connectivity index (χ0) is 9.90. The molecule has 0 aliphatic carbocycles. The van der Waals surface area contributed by atoms with Gasteiger partial charge in [-0.1, -0.05) is 20.8 Å². The first-order valence-electron chi connectivity index (χ1n) is 5.39. The zero-order valence-electron chi connectivity index (χ0n) is 9.56. The second-order valence-corrected chi connectivity index (χ2v) is 5.54.